The molecule has 2 rings (SSSR count). The molecule has 122 valence electrons. The molecular weight excluding hydrogens is 258 g/mol. The maximum atomic E-state index is 12.4. The summed E-state index contributed by atoms with van der Waals surface area (Å²) in [5.74, 6) is 1.22. The zero-order chi connectivity index (χ0) is 15.9. The topological polar surface area (TPSA) is 20.3 Å². The predicted octanol–water partition coefficient (Wildman–Crippen LogP) is 4.88. The van der Waals surface area contributed by atoms with Crippen molar-refractivity contribution in [3.63, 3.8) is 0 Å². The van der Waals surface area contributed by atoms with Gasteiger partial charge in [-0.3, -0.25) is 4.79 Å². The average Bonchev–Trinajstić information content (AvgIpc) is 2.37. The van der Waals surface area contributed by atoms with Crippen molar-refractivity contribution in [2.45, 2.75) is 80.1 Å². The number of carbonyl (C=O) groups is 1. The highest BCUT2D eigenvalue weighted by molar-refractivity contribution is 5.81. The Labute approximate surface area is 131 Å². The fourth-order valence-electron chi connectivity index (χ4n) is 4.25. The molecule has 2 nitrogen and oxygen atoms in total. The molecule has 0 aromatic heterocycles. The van der Waals surface area contributed by atoms with Crippen molar-refractivity contribution in [2.75, 3.05) is 13.1 Å². The zero-order valence-electron chi connectivity index (χ0n) is 15.1. The third kappa shape index (κ3) is 3.81. The molecule has 0 bridgehead atoms. The quantitative estimate of drug-likeness (QED) is 0.623. The molecule has 21 heavy (non-hydrogen) atoms. The predicted molar refractivity (Wildman–Crippen MR) is 89.1 cm³/mol. The van der Waals surface area contributed by atoms with Crippen LogP contribution in [0.5, 0.6) is 0 Å². The highest BCUT2D eigenvalue weighted by atomic mass is 16.2. The van der Waals surface area contributed by atoms with Gasteiger partial charge in [0.05, 0.1) is 0 Å². The normalized spacial score (nSPS) is 24.4. The number of hydrogen-bond donors (Lipinski definition) is 0. The van der Waals surface area contributed by atoms with Crippen molar-refractivity contribution in [3.05, 3.63) is 0 Å². The van der Waals surface area contributed by atoms with Gasteiger partial charge in [0.15, 0.2) is 0 Å². The molecule has 0 unspecified atom stereocenters. The summed E-state index contributed by atoms with van der Waals surface area (Å²) < 4.78 is 0. The van der Waals surface area contributed by atoms with E-state index in [1.165, 1.54) is 38.5 Å². The third-order valence-electron chi connectivity index (χ3n) is 6.02. The lowest BCUT2D eigenvalue weighted by Crippen LogP contribution is -2.48. The minimum atomic E-state index is -0.228. The second-order valence-corrected chi connectivity index (χ2v) is 9.68. The van der Waals surface area contributed by atoms with E-state index in [-0.39, 0.29) is 5.41 Å². The van der Waals surface area contributed by atoms with Crippen molar-refractivity contribution in [1.82, 2.24) is 4.90 Å². The second-order valence-electron chi connectivity index (χ2n) is 9.68. The van der Waals surface area contributed by atoms with Gasteiger partial charge in [0.1, 0.15) is 0 Å². The molecule has 1 spiro atoms. The van der Waals surface area contributed by atoms with Crippen LogP contribution in [0, 0.1) is 22.2 Å². The first-order chi connectivity index (χ1) is 9.54. The Balaban J connectivity index is 1.89. The Bertz CT molecular complexity index is 367. The number of hydrogen-bond acceptors (Lipinski definition) is 1. The van der Waals surface area contributed by atoms with Gasteiger partial charge in [0, 0.05) is 18.5 Å². The summed E-state index contributed by atoms with van der Waals surface area (Å²) in [6, 6.07) is 0. The van der Waals surface area contributed by atoms with E-state index in [4.69, 9.17) is 0 Å². The smallest absolute Gasteiger partial charge is 0.227 e. The first kappa shape index (κ1) is 16.8. The first-order valence-electron chi connectivity index (χ1n) is 8.83. The number of rotatable bonds is 0. The second kappa shape index (κ2) is 5.59. The standard InChI is InChI=1S/C19H35NO/c1-17(2,3)15-7-9-19(10-8-15)11-13-20(14-12-19)16(21)18(4,5)6/h15H,7-14H2,1-6H3. The maximum Gasteiger partial charge on any atom is 0.227 e. The molecule has 1 amide bonds. The molecule has 0 N–H and O–H groups in total. The summed E-state index contributed by atoms with van der Waals surface area (Å²) in [6.07, 6.45) is 7.99. The van der Waals surface area contributed by atoms with Gasteiger partial charge >= 0.3 is 0 Å². The Hall–Kier alpha value is -0.530. The summed E-state index contributed by atoms with van der Waals surface area (Å²) in [4.78, 5) is 14.5. The van der Waals surface area contributed by atoms with Gasteiger partial charge in [0.25, 0.3) is 0 Å². The lowest BCUT2D eigenvalue weighted by molar-refractivity contribution is -0.142. The molecule has 0 aromatic carbocycles. The van der Waals surface area contributed by atoms with E-state index in [9.17, 15) is 4.79 Å². The molecule has 1 aliphatic heterocycles. The van der Waals surface area contributed by atoms with Crippen LogP contribution in [0.4, 0.5) is 0 Å². The summed E-state index contributed by atoms with van der Waals surface area (Å²) in [5.41, 5.74) is 0.787. The van der Waals surface area contributed by atoms with E-state index in [1.807, 2.05) is 20.8 Å². The van der Waals surface area contributed by atoms with E-state index in [1.54, 1.807) is 0 Å². The van der Waals surface area contributed by atoms with Crippen LogP contribution in [0.1, 0.15) is 80.1 Å². The lowest BCUT2D eigenvalue weighted by atomic mass is 9.61. The number of amides is 1. The van der Waals surface area contributed by atoms with Crippen molar-refractivity contribution < 1.29 is 4.79 Å². The van der Waals surface area contributed by atoms with Crippen LogP contribution in [0.3, 0.4) is 0 Å². The van der Waals surface area contributed by atoms with Crippen LogP contribution in [-0.4, -0.2) is 23.9 Å². The number of carbonyl (C=O) groups excluding carboxylic acids is 1. The van der Waals surface area contributed by atoms with Crippen LogP contribution in [0.25, 0.3) is 0 Å². The van der Waals surface area contributed by atoms with Crippen LogP contribution >= 0.6 is 0 Å². The first-order valence-corrected chi connectivity index (χ1v) is 8.83. The molecule has 0 atom stereocenters. The largest absolute Gasteiger partial charge is 0.342 e. The number of nitrogens with zero attached hydrogens (tertiary/aromatic N) is 1. The fourth-order valence-corrected chi connectivity index (χ4v) is 4.25. The molecule has 1 heterocycles. The molecule has 0 aromatic rings. The van der Waals surface area contributed by atoms with Gasteiger partial charge in [-0.25, -0.2) is 0 Å². The Morgan fingerprint density at radius 2 is 1.38 bits per heavy atom. The van der Waals surface area contributed by atoms with Crippen molar-refractivity contribution in [3.8, 4) is 0 Å². The van der Waals surface area contributed by atoms with Crippen molar-refractivity contribution in [1.29, 1.82) is 0 Å². The van der Waals surface area contributed by atoms with E-state index in [0.717, 1.165) is 19.0 Å². The molecule has 2 aliphatic rings. The summed E-state index contributed by atoms with van der Waals surface area (Å²) >= 11 is 0. The van der Waals surface area contributed by atoms with E-state index in [2.05, 4.69) is 25.7 Å². The zero-order valence-corrected chi connectivity index (χ0v) is 15.1. The van der Waals surface area contributed by atoms with Crippen LogP contribution < -0.4 is 0 Å². The van der Waals surface area contributed by atoms with Crippen LogP contribution in [0.15, 0.2) is 0 Å². The van der Waals surface area contributed by atoms with Gasteiger partial charge < -0.3 is 4.90 Å². The Kier molecular flexibility index (Phi) is 4.48. The summed E-state index contributed by atoms with van der Waals surface area (Å²) in [7, 11) is 0. The summed E-state index contributed by atoms with van der Waals surface area (Å²) in [5, 5.41) is 0. The van der Waals surface area contributed by atoms with E-state index >= 15 is 0 Å². The molecular formula is C19H35NO. The van der Waals surface area contributed by atoms with Gasteiger partial charge in [0.2, 0.25) is 5.91 Å². The van der Waals surface area contributed by atoms with Gasteiger partial charge in [-0.05, 0) is 55.3 Å². The molecule has 1 saturated carbocycles. The van der Waals surface area contributed by atoms with Crippen molar-refractivity contribution in [2.24, 2.45) is 22.2 Å². The molecule has 1 saturated heterocycles. The monoisotopic (exact) mass is 293 g/mol. The number of piperidine rings is 1. The minimum absolute atomic E-state index is 0.228. The molecule has 1 aliphatic carbocycles. The van der Waals surface area contributed by atoms with Crippen LogP contribution in [0.2, 0.25) is 0 Å². The molecule has 0 radical (unpaired) electrons. The Morgan fingerprint density at radius 1 is 0.905 bits per heavy atom. The number of likely N-dealkylation sites (tertiary alicyclic amines) is 1. The highest BCUT2D eigenvalue weighted by Crippen LogP contribution is 2.50. The summed E-state index contributed by atoms with van der Waals surface area (Å²) in [6.45, 7) is 15.2. The third-order valence-corrected chi connectivity index (χ3v) is 6.02. The highest BCUT2D eigenvalue weighted by Gasteiger charge is 2.42. The lowest BCUT2D eigenvalue weighted by Gasteiger charge is -2.48. The maximum absolute atomic E-state index is 12.4. The SMILES string of the molecule is CC(C)(C)C(=O)N1CCC2(CCC(C(C)(C)C)CC2)CC1. The Morgan fingerprint density at radius 3 is 1.76 bits per heavy atom. The van der Waals surface area contributed by atoms with Gasteiger partial charge in [-0.2, -0.15) is 0 Å². The van der Waals surface area contributed by atoms with Crippen molar-refractivity contribution >= 4 is 5.91 Å². The van der Waals surface area contributed by atoms with Crippen LogP contribution in [-0.2, 0) is 4.79 Å². The van der Waals surface area contributed by atoms with E-state index < -0.39 is 0 Å². The minimum Gasteiger partial charge on any atom is -0.342 e. The molecule has 2 fully saturated rings. The van der Waals surface area contributed by atoms with Gasteiger partial charge in [-0.1, -0.05) is 41.5 Å². The fraction of sp³-hybridized carbons (Fsp3) is 0.947. The van der Waals surface area contributed by atoms with E-state index in [0.29, 0.717) is 16.7 Å². The molecule has 2 heteroatoms. The van der Waals surface area contributed by atoms with Gasteiger partial charge in [-0.15, -0.1) is 0 Å². The average molecular weight is 293 g/mol.